The highest BCUT2D eigenvalue weighted by atomic mass is 16.2. The monoisotopic (exact) mass is 253 g/mol. The number of hydrogen-bond acceptors (Lipinski definition) is 4. The minimum Gasteiger partial charge on any atom is -0.344 e. The molecule has 1 saturated heterocycles. The summed E-state index contributed by atoms with van der Waals surface area (Å²) >= 11 is 0. The topological polar surface area (TPSA) is 101 Å². The van der Waals surface area contributed by atoms with Crippen molar-refractivity contribution in [1.82, 2.24) is 10.6 Å². The van der Waals surface area contributed by atoms with Crippen LogP contribution in [0.1, 0.15) is 32.1 Å². The van der Waals surface area contributed by atoms with Crippen LogP contribution < -0.4 is 16.4 Å². The first-order valence-corrected chi connectivity index (χ1v) is 6.46. The van der Waals surface area contributed by atoms with E-state index in [1.807, 2.05) is 0 Å². The Balaban J connectivity index is 1.91. The van der Waals surface area contributed by atoms with Crippen molar-refractivity contribution in [3.05, 3.63) is 0 Å². The van der Waals surface area contributed by atoms with Gasteiger partial charge in [0.05, 0.1) is 0 Å². The lowest BCUT2D eigenvalue weighted by atomic mass is 9.94. The van der Waals surface area contributed by atoms with E-state index in [1.54, 1.807) is 0 Å². The second kappa shape index (κ2) is 5.48. The molecule has 0 spiro atoms. The molecule has 100 valence electrons. The lowest BCUT2D eigenvalue weighted by molar-refractivity contribution is -0.138. The van der Waals surface area contributed by atoms with Gasteiger partial charge < -0.3 is 11.1 Å². The second-order valence-electron chi connectivity index (χ2n) is 5.05. The van der Waals surface area contributed by atoms with Crippen LogP contribution >= 0.6 is 0 Å². The van der Waals surface area contributed by atoms with Gasteiger partial charge in [0, 0.05) is 12.3 Å². The van der Waals surface area contributed by atoms with E-state index < -0.39 is 11.9 Å². The highest BCUT2D eigenvalue weighted by molar-refractivity contribution is 6.01. The van der Waals surface area contributed by atoms with Crippen LogP contribution in [0.4, 0.5) is 0 Å². The molecule has 0 aromatic heterocycles. The number of nitrogens with two attached hydrogens (primary N) is 1. The molecule has 6 heteroatoms. The molecule has 4 N–H and O–H groups in total. The van der Waals surface area contributed by atoms with Gasteiger partial charge in [-0.25, -0.2) is 0 Å². The third-order valence-corrected chi connectivity index (χ3v) is 3.85. The van der Waals surface area contributed by atoms with Crippen molar-refractivity contribution < 1.29 is 14.4 Å². The van der Waals surface area contributed by atoms with Crippen molar-refractivity contribution >= 4 is 17.7 Å². The summed E-state index contributed by atoms with van der Waals surface area (Å²) in [6.07, 6.45) is 3.48. The zero-order valence-corrected chi connectivity index (χ0v) is 10.3. The standard InChI is InChI=1S/C12H19N3O3/c13-6-7-2-1-3-8(7)11(17)14-9-4-5-10(16)15-12(9)18/h7-9H,1-6,13H2,(H,14,17)(H,15,16,18). The van der Waals surface area contributed by atoms with Crippen LogP contribution in [-0.4, -0.2) is 30.3 Å². The average molecular weight is 253 g/mol. The molecule has 0 bridgehead atoms. The first-order valence-electron chi connectivity index (χ1n) is 6.46. The van der Waals surface area contributed by atoms with Crippen molar-refractivity contribution in [1.29, 1.82) is 0 Å². The Morgan fingerprint density at radius 1 is 1.33 bits per heavy atom. The van der Waals surface area contributed by atoms with Gasteiger partial charge >= 0.3 is 0 Å². The third-order valence-electron chi connectivity index (χ3n) is 3.85. The van der Waals surface area contributed by atoms with E-state index in [4.69, 9.17) is 5.73 Å². The largest absolute Gasteiger partial charge is 0.344 e. The van der Waals surface area contributed by atoms with Crippen molar-refractivity contribution in [2.75, 3.05) is 6.54 Å². The number of amides is 3. The van der Waals surface area contributed by atoms with E-state index in [9.17, 15) is 14.4 Å². The Morgan fingerprint density at radius 3 is 2.78 bits per heavy atom. The van der Waals surface area contributed by atoms with E-state index in [2.05, 4.69) is 10.6 Å². The number of hydrogen-bond donors (Lipinski definition) is 3. The van der Waals surface area contributed by atoms with E-state index in [1.165, 1.54) is 0 Å². The molecule has 2 fully saturated rings. The minimum absolute atomic E-state index is 0.0829. The average Bonchev–Trinajstić information content (AvgIpc) is 2.81. The van der Waals surface area contributed by atoms with Crippen molar-refractivity contribution in [2.45, 2.75) is 38.1 Å². The maximum Gasteiger partial charge on any atom is 0.249 e. The van der Waals surface area contributed by atoms with Gasteiger partial charge in [-0.15, -0.1) is 0 Å². The van der Waals surface area contributed by atoms with E-state index in [0.29, 0.717) is 13.0 Å². The van der Waals surface area contributed by atoms with Crippen LogP contribution in [0.3, 0.4) is 0 Å². The summed E-state index contributed by atoms with van der Waals surface area (Å²) in [6, 6.07) is -0.575. The molecular formula is C12H19N3O3. The highest BCUT2D eigenvalue weighted by Gasteiger charge is 2.35. The summed E-state index contributed by atoms with van der Waals surface area (Å²) < 4.78 is 0. The van der Waals surface area contributed by atoms with Gasteiger partial charge in [-0.05, 0) is 31.7 Å². The minimum atomic E-state index is -0.575. The summed E-state index contributed by atoms with van der Waals surface area (Å²) in [4.78, 5) is 34.6. The summed E-state index contributed by atoms with van der Waals surface area (Å²) in [5, 5.41) is 4.97. The van der Waals surface area contributed by atoms with E-state index >= 15 is 0 Å². The fraction of sp³-hybridized carbons (Fsp3) is 0.750. The van der Waals surface area contributed by atoms with Gasteiger partial charge in [0.2, 0.25) is 17.7 Å². The van der Waals surface area contributed by atoms with Crippen LogP contribution in [0.15, 0.2) is 0 Å². The fourth-order valence-electron chi connectivity index (χ4n) is 2.77. The zero-order chi connectivity index (χ0) is 13.1. The summed E-state index contributed by atoms with van der Waals surface area (Å²) in [5.41, 5.74) is 5.64. The summed E-state index contributed by atoms with van der Waals surface area (Å²) in [5.74, 6) is -0.635. The predicted octanol–water partition coefficient (Wildman–Crippen LogP) is -0.717. The van der Waals surface area contributed by atoms with Crippen molar-refractivity contribution in [3.8, 4) is 0 Å². The first kappa shape index (κ1) is 13.0. The molecule has 1 saturated carbocycles. The predicted molar refractivity (Wildman–Crippen MR) is 64.2 cm³/mol. The molecular weight excluding hydrogens is 234 g/mol. The summed E-state index contributed by atoms with van der Waals surface area (Å²) in [6.45, 7) is 0.507. The lowest BCUT2D eigenvalue weighted by Gasteiger charge is -2.25. The highest BCUT2D eigenvalue weighted by Crippen LogP contribution is 2.31. The Hall–Kier alpha value is -1.43. The molecule has 3 unspecified atom stereocenters. The SMILES string of the molecule is NCC1CCCC1C(=O)NC1CCC(=O)NC1=O. The van der Waals surface area contributed by atoms with Crippen molar-refractivity contribution in [2.24, 2.45) is 17.6 Å². The molecule has 2 aliphatic rings. The number of rotatable bonds is 3. The smallest absolute Gasteiger partial charge is 0.249 e. The number of carbonyl (C=O) groups is 3. The Kier molecular flexibility index (Phi) is 3.96. The number of nitrogens with one attached hydrogen (secondary N) is 2. The first-order chi connectivity index (χ1) is 8.61. The zero-order valence-electron chi connectivity index (χ0n) is 10.3. The Morgan fingerprint density at radius 2 is 2.11 bits per heavy atom. The van der Waals surface area contributed by atoms with Crippen LogP contribution in [0.25, 0.3) is 0 Å². The van der Waals surface area contributed by atoms with Gasteiger partial charge in [0.15, 0.2) is 0 Å². The van der Waals surface area contributed by atoms with Gasteiger partial charge in [0.1, 0.15) is 6.04 Å². The molecule has 0 radical (unpaired) electrons. The lowest BCUT2D eigenvalue weighted by Crippen LogP contribution is -2.53. The molecule has 3 amide bonds. The molecule has 1 aliphatic heterocycles. The molecule has 18 heavy (non-hydrogen) atoms. The molecule has 1 aliphatic carbocycles. The third kappa shape index (κ3) is 2.69. The van der Waals surface area contributed by atoms with Gasteiger partial charge in [-0.1, -0.05) is 6.42 Å². The van der Waals surface area contributed by atoms with Crippen LogP contribution in [0, 0.1) is 11.8 Å². The molecule has 0 aromatic carbocycles. The second-order valence-corrected chi connectivity index (χ2v) is 5.05. The number of piperidine rings is 1. The molecule has 6 nitrogen and oxygen atoms in total. The van der Waals surface area contributed by atoms with Gasteiger partial charge in [-0.2, -0.15) is 0 Å². The quantitative estimate of drug-likeness (QED) is 0.578. The van der Waals surface area contributed by atoms with Crippen molar-refractivity contribution in [3.63, 3.8) is 0 Å². The molecule has 2 rings (SSSR count). The van der Waals surface area contributed by atoms with Gasteiger partial charge in [-0.3, -0.25) is 19.7 Å². The van der Waals surface area contributed by atoms with E-state index in [0.717, 1.165) is 19.3 Å². The summed E-state index contributed by atoms with van der Waals surface area (Å²) in [7, 11) is 0. The molecule has 0 aromatic rings. The molecule has 1 heterocycles. The van der Waals surface area contributed by atoms with Crippen LogP contribution in [0.5, 0.6) is 0 Å². The Bertz CT molecular complexity index is 370. The fourth-order valence-corrected chi connectivity index (χ4v) is 2.77. The molecule has 3 atom stereocenters. The maximum absolute atomic E-state index is 12.1. The van der Waals surface area contributed by atoms with Crippen LogP contribution in [-0.2, 0) is 14.4 Å². The normalized spacial score (nSPS) is 32.2. The maximum atomic E-state index is 12.1. The van der Waals surface area contributed by atoms with Crippen LogP contribution in [0.2, 0.25) is 0 Å². The number of imide groups is 1. The van der Waals surface area contributed by atoms with Gasteiger partial charge in [0.25, 0.3) is 0 Å². The van der Waals surface area contributed by atoms with E-state index in [-0.39, 0.29) is 30.1 Å². The number of carbonyl (C=O) groups excluding carboxylic acids is 3. The Labute approximate surface area is 106 Å².